The first-order valence-electron chi connectivity index (χ1n) is 8.28. The lowest BCUT2D eigenvalue weighted by Gasteiger charge is -2.32. The molecule has 1 aliphatic rings. The second-order valence-electron chi connectivity index (χ2n) is 7.86. The molecule has 4 atom stereocenters. The minimum Gasteiger partial charge on any atom is -0.388 e. The predicted molar refractivity (Wildman–Crippen MR) is 96.1 cm³/mol. The molecule has 0 bridgehead atoms. The summed E-state index contributed by atoms with van der Waals surface area (Å²) in [5.41, 5.74) is 0.848. The van der Waals surface area contributed by atoms with Crippen LogP contribution in [0.3, 0.4) is 0 Å². The zero-order valence-corrected chi connectivity index (χ0v) is 15.2. The lowest BCUT2D eigenvalue weighted by Crippen LogP contribution is -2.30. The van der Waals surface area contributed by atoms with Crippen LogP contribution in [0.1, 0.15) is 24.5 Å². The van der Waals surface area contributed by atoms with E-state index in [2.05, 4.69) is 26.2 Å². The Morgan fingerprint density at radius 3 is 2.43 bits per heavy atom. The molecule has 1 aromatic rings. The van der Waals surface area contributed by atoms with Gasteiger partial charge in [0.05, 0.1) is 11.0 Å². The predicted octanol–water partition coefficient (Wildman–Crippen LogP) is 4.79. The number of hydrogen-bond donors (Lipinski definition) is 1. The van der Waals surface area contributed by atoms with Gasteiger partial charge in [0.15, 0.2) is 0 Å². The van der Waals surface area contributed by atoms with Crippen LogP contribution >= 0.6 is 0 Å². The Balaban J connectivity index is 2.20. The first-order chi connectivity index (χ1) is 10.7. The van der Waals surface area contributed by atoms with Gasteiger partial charge in [-0.2, -0.15) is 0 Å². The normalized spacial score (nSPS) is 26.0. The molecule has 1 saturated carbocycles. The lowest BCUT2D eigenvalue weighted by molar-refractivity contribution is -0.384. The van der Waals surface area contributed by atoms with Gasteiger partial charge in [-0.25, -0.2) is 0 Å². The summed E-state index contributed by atoms with van der Waals surface area (Å²) in [5, 5.41) is 21.6. The number of benzene rings is 1. The Morgan fingerprint density at radius 2 is 1.96 bits per heavy atom. The Hall–Kier alpha value is -1.46. The number of nitrogens with zero attached hydrogens (tertiary/aromatic N) is 1. The molecule has 0 aromatic heterocycles. The van der Waals surface area contributed by atoms with E-state index in [-0.39, 0.29) is 11.6 Å². The van der Waals surface area contributed by atoms with E-state index in [1.807, 2.05) is 6.08 Å². The molecular formula is C18H27NO3Si. The van der Waals surface area contributed by atoms with Crippen molar-refractivity contribution >= 4 is 13.8 Å². The molecular weight excluding hydrogens is 306 g/mol. The highest BCUT2D eigenvalue weighted by atomic mass is 28.3. The fourth-order valence-corrected chi connectivity index (χ4v) is 5.89. The van der Waals surface area contributed by atoms with Crippen LogP contribution in [-0.4, -0.2) is 18.1 Å². The summed E-state index contributed by atoms with van der Waals surface area (Å²) >= 11 is 0. The van der Waals surface area contributed by atoms with Crippen LogP contribution in [0.5, 0.6) is 0 Å². The average Bonchev–Trinajstić information content (AvgIpc) is 2.87. The fourth-order valence-electron chi connectivity index (χ4n) is 3.87. The van der Waals surface area contributed by atoms with Gasteiger partial charge in [0.25, 0.3) is 5.69 Å². The highest BCUT2D eigenvalue weighted by Gasteiger charge is 2.40. The van der Waals surface area contributed by atoms with Crippen molar-refractivity contribution in [1.29, 1.82) is 0 Å². The monoisotopic (exact) mass is 333 g/mol. The van der Waals surface area contributed by atoms with Crippen molar-refractivity contribution in [1.82, 2.24) is 0 Å². The molecule has 0 saturated heterocycles. The summed E-state index contributed by atoms with van der Waals surface area (Å²) in [7, 11) is -1.24. The van der Waals surface area contributed by atoms with E-state index < -0.39 is 19.1 Å². The molecule has 23 heavy (non-hydrogen) atoms. The highest BCUT2D eigenvalue weighted by Crippen LogP contribution is 2.48. The third-order valence-electron chi connectivity index (χ3n) is 4.94. The van der Waals surface area contributed by atoms with Crippen molar-refractivity contribution in [3.63, 3.8) is 0 Å². The number of hydrogen-bond acceptors (Lipinski definition) is 3. The van der Waals surface area contributed by atoms with Crippen LogP contribution in [0.15, 0.2) is 36.9 Å². The molecule has 126 valence electrons. The van der Waals surface area contributed by atoms with Crippen molar-refractivity contribution < 1.29 is 10.0 Å². The summed E-state index contributed by atoms with van der Waals surface area (Å²) in [6.45, 7) is 11.1. The van der Waals surface area contributed by atoms with E-state index in [4.69, 9.17) is 0 Å². The van der Waals surface area contributed by atoms with E-state index in [1.54, 1.807) is 12.1 Å². The molecule has 1 aliphatic carbocycles. The lowest BCUT2D eigenvalue weighted by atomic mass is 9.84. The minimum atomic E-state index is -1.24. The summed E-state index contributed by atoms with van der Waals surface area (Å²) in [5.74, 6) is 1.15. The van der Waals surface area contributed by atoms with Crippen LogP contribution in [0.25, 0.3) is 0 Å². The van der Waals surface area contributed by atoms with Crippen LogP contribution in [0, 0.1) is 27.9 Å². The molecule has 4 nitrogen and oxygen atoms in total. The molecule has 5 heteroatoms. The molecule has 2 rings (SSSR count). The van der Waals surface area contributed by atoms with Gasteiger partial charge in [0.1, 0.15) is 0 Å². The van der Waals surface area contributed by atoms with Crippen LogP contribution in [0.2, 0.25) is 25.7 Å². The Labute approximate surface area is 139 Å². The molecule has 0 radical (unpaired) electrons. The maximum absolute atomic E-state index is 10.8. The average molecular weight is 334 g/mol. The standard InChI is InChI=1S/C18H27NO3Si/c1-5-13-8-11-16(17(13)12-23(2,3)4)18(20)14-6-9-15(10-7-14)19(21)22/h5-7,9-10,13,16-18,20H,1,8,11-12H2,2-4H3. The fraction of sp³-hybridized carbons (Fsp3) is 0.556. The van der Waals surface area contributed by atoms with Gasteiger partial charge in [-0.3, -0.25) is 10.1 Å². The van der Waals surface area contributed by atoms with Gasteiger partial charge < -0.3 is 5.11 Å². The minimum absolute atomic E-state index is 0.0648. The second-order valence-corrected chi connectivity index (χ2v) is 13.4. The number of nitro groups is 1. The quantitative estimate of drug-likeness (QED) is 0.352. The summed E-state index contributed by atoms with van der Waals surface area (Å²) in [4.78, 5) is 10.4. The maximum atomic E-state index is 10.8. The van der Waals surface area contributed by atoms with Gasteiger partial charge in [-0.05, 0) is 48.3 Å². The summed E-state index contributed by atoms with van der Waals surface area (Å²) in [6.07, 6.45) is 3.56. The third kappa shape index (κ3) is 4.29. The van der Waals surface area contributed by atoms with Crippen molar-refractivity contribution in [2.75, 3.05) is 0 Å². The van der Waals surface area contributed by atoms with E-state index >= 15 is 0 Å². The number of non-ortho nitro benzene ring substituents is 1. The molecule has 1 aromatic carbocycles. The molecule has 4 unspecified atom stereocenters. The van der Waals surface area contributed by atoms with E-state index in [1.165, 1.54) is 18.2 Å². The van der Waals surface area contributed by atoms with E-state index in [9.17, 15) is 15.2 Å². The molecule has 1 N–H and O–H groups in total. The summed E-state index contributed by atoms with van der Waals surface area (Å²) < 4.78 is 0. The van der Waals surface area contributed by atoms with Crippen molar-refractivity contribution in [2.24, 2.45) is 17.8 Å². The van der Waals surface area contributed by atoms with Crippen LogP contribution in [-0.2, 0) is 0 Å². The van der Waals surface area contributed by atoms with Gasteiger partial charge in [-0.15, -0.1) is 6.58 Å². The molecule has 0 aliphatic heterocycles. The van der Waals surface area contributed by atoms with Gasteiger partial charge in [0, 0.05) is 20.2 Å². The van der Waals surface area contributed by atoms with Crippen LogP contribution < -0.4 is 0 Å². The largest absolute Gasteiger partial charge is 0.388 e. The number of aliphatic hydroxyl groups excluding tert-OH is 1. The van der Waals surface area contributed by atoms with Crippen molar-refractivity contribution in [2.45, 2.75) is 44.6 Å². The molecule has 1 fully saturated rings. The first-order valence-corrected chi connectivity index (χ1v) is 12.0. The van der Waals surface area contributed by atoms with Gasteiger partial charge >= 0.3 is 0 Å². The number of aliphatic hydroxyl groups is 1. The van der Waals surface area contributed by atoms with Gasteiger partial charge in [-0.1, -0.05) is 31.8 Å². The Bertz CT molecular complexity index is 565. The Kier molecular flexibility index (Phi) is 5.42. The molecule has 0 spiro atoms. The van der Waals surface area contributed by atoms with Crippen molar-refractivity contribution in [3.8, 4) is 0 Å². The summed E-state index contributed by atoms with van der Waals surface area (Å²) in [6, 6.07) is 7.52. The van der Waals surface area contributed by atoms with Crippen molar-refractivity contribution in [3.05, 3.63) is 52.6 Å². The topological polar surface area (TPSA) is 63.4 Å². The number of allylic oxidation sites excluding steroid dienone is 1. The SMILES string of the molecule is C=CC1CCC(C(O)c2ccc([N+](=O)[O-])cc2)C1C[Si](C)(C)C. The Morgan fingerprint density at radius 1 is 1.35 bits per heavy atom. The zero-order chi connectivity index (χ0) is 17.2. The second kappa shape index (κ2) is 6.97. The number of rotatable bonds is 6. The zero-order valence-electron chi connectivity index (χ0n) is 14.2. The maximum Gasteiger partial charge on any atom is 0.269 e. The first kappa shape index (κ1) is 17.9. The van der Waals surface area contributed by atoms with Gasteiger partial charge in [0.2, 0.25) is 0 Å². The third-order valence-corrected chi connectivity index (χ3v) is 6.63. The molecule has 0 amide bonds. The molecule has 0 heterocycles. The van der Waals surface area contributed by atoms with E-state index in [0.717, 1.165) is 18.4 Å². The van der Waals surface area contributed by atoms with Crippen LogP contribution in [0.4, 0.5) is 5.69 Å². The number of nitro benzene ring substituents is 1. The smallest absolute Gasteiger partial charge is 0.269 e. The highest BCUT2D eigenvalue weighted by molar-refractivity contribution is 6.76. The van der Waals surface area contributed by atoms with E-state index in [0.29, 0.717) is 11.8 Å².